The summed E-state index contributed by atoms with van der Waals surface area (Å²) in [6.45, 7) is 2.18. The number of aromatic nitrogens is 2. The molecule has 19 heavy (non-hydrogen) atoms. The Hall–Kier alpha value is -1.32. The van der Waals surface area contributed by atoms with E-state index in [9.17, 15) is 0 Å². The lowest BCUT2D eigenvalue weighted by Gasteiger charge is -2.21. The molecular formula is C15H18ClN3. The van der Waals surface area contributed by atoms with Crippen LogP contribution in [0.2, 0.25) is 5.02 Å². The molecule has 100 valence electrons. The number of fused-ring (bicyclic) bond motifs is 1. The summed E-state index contributed by atoms with van der Waals surface area (Å²) in [6, 6.07) is 6.90. The van der Waals surface area contributed by atoms with Gasteiger partial charge in [0, 0.05) is 23.5 Å². The second-order valence-corrected chi connectivity index (χ2v) is 5.47. The number of rotatable bonds is 4. The highest BCUT2D eigenvalue weighted by Crippen LogP contribution is 2.34. The summed E-state index contributed by atoms with van der Waals surface area (Å²) in [7, 11) is 0. The van der Waals surface area contributed by atoms with Crippen LogP contribution >= 0.6 is 11.6 Å². The quantitative estimate of drug-likeness (QED) is 0.891. The Morgan fingerprint density at radius 3 is 3.16 bits per heavy atom. The van der Waals surface area contributed by atoms with Crippen molar-refractivity contribution in [1.29, 1.82) is 0 Å². The van der Waals surface area contributed by atoms with Crippen LogP contribution in [0, 0.1) is 0 Å². The van der Waals surface area contributed by atoms with Gasteiger partial charge in [-0.15, -0.1) is 0 Å². The molecule has 3 rings (SSSR count). The maximum absolute atomic E-state index is 6.05. The Morgan fingerprint density at radius 1 is 1.53 bits per heavy atom. The van der Waals surface area contributed by atoms with Gasteiger partial charge in [-0.05, 0) is 42.5 Å². The second-order valence-electron chi connectivity index (χ2n) is 5.04. The maximum atomic E-state index is 6.05. The Morgan fingerprint density at radius 2 is 2.42 bits per heavy atom. The van der Waals surface area contributed by atoms with E-state index >= 15 is 0 Å². The smallest absolute Gasteiger partial charge is 0.123 e. The molecule has 0 amide bonds. The Kier molecular flexibility index (Phi) is 3.58. The van der Waals surface area contributed by atoms with Crippen molar-refractivity contribution < 1.29 is 0 Å². The van der Waals surface area contributed by atoms with E-state index in [-0.39, 0.29) is 6.04 Å². The average Bonchev–Trinajstić information content (AvgIpc) is 3.05. The monoisotopic (exact) mass is 275 g/mol. The summed E-state index contributed by atoms with van der Waals surface area (Å²) in [6.07, 6.45) is 6.94. The predicted molar refractivity (Wildman–Crippen MR) is 77.3 cm³/mol. The highest BCUT2D eigenvalue weighted by Gasteiger charge is 2.25. The molecule has 2 aromatic rings. The molecule has 1 aliphatic rings. The van der Waals surface area contributed by atoms with Gasteiger partial charge in [-0.1, -0.05) is 24.6 Å². The van der Waals surface area contributed by atoms with Gasteiger partial charge in [-0.2, -0.15) is 0 Å². The molecular weight excluding hydrogens is 258 g/mol. The molecule has 4 heteroatoms. The van der Waals surface area contributed by atoms with Gasteiger partial charge < -0.3 is 10.3 Å². The normalized spacial score (nSPS) is 19.4. The first-order valence-electron chi connectivity index (χ1n) is 6.81. The third-order valence-corrected chi connectivity index (χ3v) is 4.08. The highest BCUT2D eigenvalue weighted by molar-refractivity contribution is 6.30. The molecule has 0 aliphatic heterocycles. The summed E-state index contributed by atoms with van der Waals surface area (Å²) in [5.41, 5.74) is 2.76. The van der Waals surface area contributed by atoms with Crippen molar-refractivity contribution in [2.75, 3.05) is 0 Å². The number of aryl methyl sites for hydroxylation is 1. The van der Waals surface area contributed by atoms with Crippen LogP contribution in [0.25, 0.3) is 0 Å². The van der Waals surface area contributed by atoms with Crippen molar-refractivity contribution in [2.24, 2.45) is 0 Å². The van der Waals surface area contributed by atoms with Crippen molar-refractivity contribution in [3.8, 4) is 0 Å². The van der Waals surface area contributed by atoms with E-state index < -0.39 is 0 Å². The van der Waals surface area contributed by atoms with E-state index in [4.69, 9.17) is 11.6 Å². The maximum Gasteiger partial charge on any atom is 0.123 e. The third kappa shape index (κ3) is 2.53. The van der Waals surface area contributed by atoms with Gasteiger partial charge in [0.15, 0.2) is 0 Å². The molecule has 2 atom stereocenters. The summed E-state index contributed by atoms with van der Waals surface area (Å²) in [5, 5.41) is 4.54. The first-order chi connectivity index (χ1) is 9.28. The van der Waals surface area contributed by atoms with Crippen LogP contribution in [-0.2, 0) is 6.42 Å². The van der Waals surface area contributed by atoms with Crippen molar-refractivity contribution >= 4 is 11.6 Å². The van der Waals surface area contributed by atoms with Crippen LogP contribution in [0.4, 0.5) is 0 Å². The van der Waals surface area contributed by atoms with Crippen LogP contribution in [0.5, 0.6) is 0 Å². The van der Waals surface area contributed by atoms with Crippen molar-refractivity contribution in [2.45, 2.75) is 38.3 Å². The van der Waals surface area contributed by atoms with Crippen molar-refractivity contribution in [3.63, 3.8) is 0 Å². The van der Waals surface area contributed by atoms with E-state index in [1.54, 1.807) is 0 Å². The average molecular weight is 276 g/mol. The van der Waals surface area contributed by atoms with E-state index in [2.05, 4.69) is 34.3 Å². The standard InChI is InChI=1S/C15H18ClN3/c1-2-13(15-17-7-8-18-15)19-14-6-3-10-9-11(16)4-5-12(10)14/h4-5,7-9,13-14,19H,2-3,6H2,1H3,(H,17,18). The van der Waals surface area contributed by atoms with Gasteiger partial charge in [0.05, 0.1) is 6.04 Å². The van der Waals surface area contributed by atoms with E-state index in [0.29, 0.717) is 6.04 Å². The van der Waals surface area contributed by atoms with Gasteiger partial charge in [0.1, 0.15) is 5.82 Å². The number of H-pyrrole nitrogens is 1. The first-order valence-corrected chi connectivity index (χ1v) is 7.19. The van der Waals surface area contributed by atoms with Crippen molar-refractivity contribution in [1.82, 2.24) is 15.3 Å². The molecule has 0 bridgehead atoms. The lowest BCUT2D eigenvalue weighted by Crippen LogP contribution is -2.25. The van der Waals surface area contributed by atoms with Gasteiger partial charge in [-0.25, -0.2) is 4.98 Å². The number of hydrogen-bond donors (Lipinski definition) is 2. The second kappa shape index (κ2) is 5.35. The largest absolute Gasteiger partial charge is 0.347 e. The first kappa shape index (κ1) is 12.7. The minimum absolute atomic E-state index is 0.279. The van der Waals surface area contributed by atoms with Crippen molar-refractivity contribution in [3.05, 3.63) is 52.6 Å². The fraction of sp³-hybridized carbons (Fsp3) is 0.400. The number of imidazole rings is 1. The number of nitrogens with zero attached hydrogens (tertiary/aromatic N) is 1. The van der Waals surface area contributed by atoms with Gasteiger partial charge in [-0.3, -0.25) is 0 Å². The molecule has 1 aromatic heterocycles. The zero-order chi connectivity index (χ0) is 13.2. The zero-order valence-corrected chi connectivity index (χ0v) is 11.7. The number of aromatic amines is 1. The van der Waals surface area contributed by atoms with Crippen LogP contribution in [0.1, 0.15) is 48.8 Å². The zero-order valence-electron chi connectivity index (χ0n) is 11.0. The summed E-state index contributed by atoms with van der Waals surface area (Å²) in [4.78, 5) is 7.56. The van der Waals surface area contributed by atoms with E-state index in [1.807, 2.05) is 18.5 Å². The topological polar surface area (TPSA) is 40.7 Å². The Bertz CT molecular complexity index is 551. The Labute approximate surface area is 118 Å². The molecule has 0 saturated carbocycles. The lowest BCUT2D eigenvalue weighted by atomic mass is 10.1. The van der Waals surface area contributed by atoms with Crippen LogP contribution in [0.15, 0.2) is 30.6 Å². The van der Waals surface area contributed by atoms with Crippen LogP contribution < -0.4 is 5.32 Å². The van der Waals surface area contributed by atoms with E-state index in [1.165, 1.54) is 11.1 Å². The SMILES string of the molecule is CCC(NC1CCc2cc(Cl)ccc21)c1ncc[nH]1. The van der Waals surface area contributed by atoms with Crippen LogP contribution in [0.3, 0.4) is 0 Å². The summed E-state index contributed by atoms with van der Waals surface area (Å²) in [5.74, 6) is 1.02. The molecule has 3 nitrogen and oxygen atoms in total. The molecule has 0 fully saturated rings. The number of nitrogens with one attached hydrogen (secondary N) is 2. The van der Waals surface area contributed by atoms with Gasteiger partial charge in [0.25, 0.3) is 0 Å². The van der Waals surface area contributed by atoms with Gasteiger partial charge in [0.2, 0.25) is 0 Å². The summed E-state index contributed by atoms with van der Waals surface area (Å²) < 4.78 is 0. The third-order valence-electron chi connectivity index (χ3n) is 3.84. The fourth-order valence-electron chi connectivity index (χ4n) is 2.86. The molecule has 2 unspecified atom stereocenters. The molecule has 1 heterocycles. The number of benzene rings is 1. The van der Waals surface area contributed by atoms with Gasteiger partial charge >= 0.3 is 0 Å². The van der Waals surface area contributed by atoms with Crippen LogP contribution in [-0.4, -0.2) is 9.97 Å². The molecule has 1 aliphatic carbocycles. The number of hydrogen-bond acceptors (Lipinski definition) is 2. The molecule has 1 aromatic carbocycles. The molecule has 0 saturated heterocycles. The Balaban J connectivity index is 1.79. The summed E-state index contributed by atoms with van der Waals surface area (Å²) >= 11 is 6.05. The minimum Gasteiger partial charge on any atom is -0.347 e. The molecule has 0 spiro atoms. The minimum atomic E-state index is 0.279. The lowest BCUT2D eigenvalue weighted by molar-refractivity contribution is 0.420. The molecule has 0 radical (unpaired) electrons. The highest BCUT2D eigenvalue weighted by atomic mass is 35.5. The molecule has 2 N–H and O–H groups in total. The fourth-order valence-corrected chi connectivity index (χ4v) is 3.05. The van der Waals surface area contributed by atoms with E-state index in [0.717, 1.165) is 30.1 Å². The predicted octanol–water partition coefficient (Wildman–Crippen LogP) is 3.79. The number of halogens is 1.